The molecule has 1 amide bonds. The molecule has 0 aromatic rings. The number of carbonyl (C=O) groups excluding carboxylic acids is 1. The molecule has 19 heavy (non-hydrogen) atoms. The van der Waals surface area contributed by atoms with Crippen molar-refractivity contribution in [3.8, 4) is 0 Å². The van der Waals surface area contributed by atoms with Crippen LogP contribution in [-0.4, -0.2) is 66.6 Å². The lowest BCUT2D eigenvalue weighted by atomic mass is 10.1. The van der Waals surface area contributed by atoms with Crippen LogP contribution >= 0.6 is 0 Å². The fourth-order valence-electron chi connectivity index (χ4n) is 2.80. The Hall–Kier alpha value is -0.660. The molecule has 1 atom stereocenters. The Labute approximate surface area is 115 Å². The summed E-state index contributed by atoms with van der Waals surface area (Å²) in [5.74, 6) is 0.0170. The van der Waals surface area contributed by atoms with Crippen LogP contribution in [0, 0.1) is 0 Å². The highest BCUT2D eigenvalue weighted by atomic mass is 32.2. The number of nitrogens with zero attached hydrogens (tertiary/aromatic N) is 3. The maximum Gasteiger partial charge on any atom is 0.282 e. The number of hydrogen-bond donors (Lipinski definition) is 0. The molecule has 2 heterocycles. The fraction of sp³-hybridized carbons (Fsp3) is 0.917. The molecule has 2 rings (SSSR count). The Morgan fingerprint density at radius 2 is 1.68 bits per heavy atom. The maximum atomic E-state index is 12.6. The first-order valence-corrected chi connectivity index (χ1v) is 8.35. The van der Waals surface area contributed by atoms with Gasteiger partial charge < -0.3 is 4.90 Å². The van der Waals surface area contributed by atoms with Crippen LogP contribution in [0.15, 0.2) is 0 Å². The highest BCUT2D eigenvalue weighted by Crippen LogP contribution is 2.23. The molecule has 0 radical (unpaired) electrons. The van der Waals surface area contributed by atoms with Gasteiger partial charge in [-0.05, 0) is 19.8 Å². The van der Waals surface area contributed by atoms with Gasteiger partial charge in [-0.25, -0.2) is 0 Å². The van der Waals surface area contributed by atoms with Crippen molar-refractivity contribution in [3.63, 3.8) is 0 Å². The molecular weight excluding hydrogens is 266 g/mol. The van der Waals surface area contributed by atoms with Gasteiger partial charge in [-0.2, -0.15) is 17.0 Å². The summed E-state index contributed by atoms with van der Waals surface area (Å²) < 4.78 is 28.3. The van der Waals surface area contributed by atoms with Gasteiger partial charge in [0.1, 0.15) is 0 Å². The van der Waals surface area contributed by atoms with E-state index in [9.17, 15) is 13.2 Å². The second kappa shape index (κ2) is 5.76. The molecular formula is C12H23N3O3S. The van der Waals surface area contributed by atoms with Crippen LogP contribution in [0.5, 0.6) is 0 Å². The molecule has 7 heteroatoms. The molecule has 0 aromatic carbocycles. The van der Waals surface area contributed by atoms with E-state index in [1.54, 1.807) is 9.21 Å². The second-order valence-corrected chi connectivity index (χ2v) is 7.25. The third kappa shape index (κ3) is 3.09. The number of piperidine rings is 1. The normalized spacial score (nSPS) is 27.5. The average molecular weight is 289 g/mol. The lowest BCUT2D eigenvalue weighted by Gasteiger charge is -2.39. The van der Waals surface area contributed by atoms with E-state index in [4.69, 9.17) is 0 Å². The number of piperazine rings is 1. The van der Waals surface area contributed by atoms with Crippen molar-refractivity contribution in [2.75, 3.05) is 32.7 Å². The molecule has 0 bridgehead atoms. The Bertz CT molecular complexity index is 430. The van der Waals surface area contributed by atoms with E-state index in [2.05, 4.69) is 0 Å². The number of rotatable bonds is 2. The van der Waals surface area contributed by atoms with Crippen LogP contribution in [-0.2, 0) is 15.0 Å². The van der Waals surface area contributed by atoms with Crippen molar-refractivity contribution in [2.24, 2.45) is 0 Å². The molecule has 0 N–H and O–H groups in total. The molecule has 0 aliphatic carbocycles. The zero-order valence-electron chi connectivity index (χ0n) is 11.7. The predicted molar refractivity (Wildman–Crippen MR) is 72.8 cm³/mol. The van der Waals surface area contributed by atoms with E-state index < -0.39 is 10.2 Å². The number of amides is 1. The molecule has 2 saturated heterocycles. The van der Waals surface area contributed by atoms with E-state index in [0.29, 0.717) is 32.7 Å². The largest absolute Gasteiger partial charge is 0.340 e. The van der Waals surface area contributed by atoms with Crippen molar-refractivity contribution >= 4 is 16.1 Å². The van der Waals surface area contributed by atoms with E-state index in [1.807, 2.05) is 6.92 Å². The Kier molecular flexibility index (Phi) is 4.47. The van der Waals surface area contributed by atoms with Gasteiger partial charge in [-0.15, -0.1) is 0 Å². The van der Waals surface area contributed by atoms with Gasteiger partial charge in [0.25, 0.3) is 10.2 Å². The predicted octanol–water partition coefficient (Wildman–Crippen LogP) is 0.270. The second-order valence-electron chi connectivity index (χ2n) is 5.37. The Morgan fingerprint density at radius 3 is 2.21 bits per heavy atom. The minimum absolute atomic E-state index is 0.0170. The SMILES string of the molecule is CC(=O)N1CCN(S(=O)(=O)N2CCCC[C@@H]2C)CC1. The van der Waals surface area contributed by atoms with Crippen LogP contribution < -0.4 is 0 Å². The van der Waals surface area contributed by atoms with Crippen molar-refractivity contribution in [1.29, 1.82) is 0 Å². The first-order chi connectivity index (χ1) is 8.93. The van der Waals surface area contributed by atoms with Crippen molar-refractivity contribution in [2.45, 2.75) is 39.2 Å². The fourth-order valence-corrected chi connectivity index (χ4v) is 4.64. The van der Waals surface area contributed by atoms with Gasteiger partial charge in [0.2, 0.25) is 5.91 Å². The highest BCUT2D eigenvalue weighted by Gasteiger charge is 2.36. The van der Waals surface area contributed by atoms with Crippen LogP contribution in [0.2, 0.25) is 0 Å². The minimum atomic E-state index is -3.35. The van der Waals surface area contributed by atoms with Gasteiger partial charge >= 0.3 is 0 Å². The van der Waals surface area contributed by atoms with Crippen LogP contribution in [0.1, 0.15) is 33.1 Å². The molecule has 0 spiro atoms. The highest BCUT2D eigenvalue weighted by molar-refractivity contribution is 7.86. The van der Waals surface area contributed by atoms with Crippen molar-refractivity contribution in [1.82, 2.24) is 13.5 Å². The molecule has 6 nitrogen and oxygen atoms in total. The monoisotopic (exact) mass is 289 g/mol. The van der Waals surface area contributed by atoms with Crippen LogP contribution in [0.25, 0.3) is 0 Å². The summed E-state index contributed by atoms with van der Waals surface area (Å²) in [6.45, 7) is 5.93. The van der Waals surface area contributed by atoms with Gasteiger partial charge in [0.05, 0.1) is 0 Å². The summed E-state index contributed by atoms with van der Waals surface area (Å²) in [6.07, 6.45) is 2.98. The van der Waals surface area contributed by atoms with Crippen molar-refractivity contribution < 1.29 is 13.2 Å². The summed E-state index contributed by atoms with van der Waals surface area (Å²) in [7, 11) is -3.35. The van der Waals surface area contributed by atoms with E-state index in [-0.39, 0.29) is 11.9 Å². The summed E-state index contributed by atoms with van der Waals surface area (Å²) >= 11 is 0. The van der Waals surface area contributed by atoms with Gasteiger partial charge in [-0.1, -0.05) is 6.42 Å². The summed E-state index contributed by atoms with van der Waals surface area (Å²) in [4.78, 5) is 13.0. The molecule has 110 valence electrons. The van der Waals surface area contributed by atoms with Crippen LogP contribution in [0.4, 0.5) is 0 Å². The topological polar surface area (TPSA) is 60.9 Å². The van der Waals surface area contributed by atoms with Crippen molar-refractivity contribution in [3.05, 3.63) is 0 Å². The number of carbonyl (C=O) groups is 1. The smallest absolute Gasteiger partial charge is 0.282 e. The zero-order valence-corrected chi connectivity index (χ0v) is 12.5. The minimum Gasteiger partial charge on any atom is -0.340 e. The Morgan fingerprint density at radius 1 is 1.05 bits per heavy atom. The average Bonchev–Trinajstić information content (AvgIpc) is 2.39. The lowest BCUT2D eigenvalue weighted by Crippen LogP contribution is -2.56. The molecule has 2 aliphatic heterocycles. The van der Waals surface area contributed by atoms with E-state index >= 15 is 0 Å². The maximum absolute atomic E-state index is 12.6. The van der Waals surface area contributed by atoms with Gasteiger partial charge in [-0.3, -0.25) is 4.79 Å². The summed E-state index contributed by atoms with van der Waals surface area (Å²) in [6, 6.07) is 0.0876. The van der Waals surface area contributed by atoms with E-state index in [0.717, 1.165) is 19.3 Å². The lowest BCUT2D eigenvalue weighted by molar-refractivity contribution is -0.130. The zero-order chi connectivity index (χ0) is 14.0. The molecule has 2 fully saturated rings. The molecule has 2 aliphatic rings. The number of hydrogen-bond acceptors (Lipinski definition) is 3. The van der Waals surface area contributed by atoms with Gasteiger partial charge in [0.15, 0.2) is 0 Å². The first kappa shape index (κ1) is 14.7. The molecule has 0 aromatic heterocycles. The van der Waals surface area contributed by atoms with E-state index in [1.165, 1.54) is 11.2 Å². The van der Waals surface area contributed by atoms with Crippen LogP contribution in [0.3, 0.4) is 0 Å². The summed E-state index contributed by atoms with van der Waals surface area (Å²) in [5, 5.41) is 0. The Balaban J connectivity index is 2.03. The molecule has 0 unspecified atom stereocenters. The molecule has 0 saturated carbocycles. The third-order valence-electron chi connectivity index (χ3n) is 4.05. The first-order valence-electron chi connectivity index (χ1n) is 6.95. The quantitative estimate of drug-likeness (QED) is 0.733. The van der Waals surface area contributed by atoms with Gasteiger partial charge in [0, 0.05) is 45.7 Å². The summed E-state index contributed by atoms with van der Waals surface area (Å²) in [5.41, 5.74) is 0. The standard InChI is InChI=1S/C12H23N3O3S/c1-11-5-3-4-6-15(11)19(17,18)14-9-7-13(8-10-14)12(2)16/h11H,3-10H2,1-2H3/t11-/m0/s1. The third-order valence-corrected chi connectivity index (χ3v) is 6.20.